The summed E-state index contributed by atoms with van der Waals surface area (Å²) in [7, 11) is 0. The van der Waals surface area contributed by atoms with Crippen molar-refractivity contribution in [3.8, 4) is 31.3 Å². The first kappa shape index (κ1) is 18.5. The van der Waals surface area contributed by atoms with E-state index in [9.17, 15) is 0 Å². The summed E-state index contributed by atoms with van der Waals surface area (Å²) in [5.41, 5.74) is 5.59. The molecule has 0 fully saturated rings. The first-order valence-corrected chi connectivity index (χ1v) is 18.7. The summed E-state index contributed by atoms with van der Waals surface area (Å²) in [4.78, 5) is 4.29. The predicted molar refractivity (Wildman–Crippen MR) is 134 cm³/mol. The molecule has 0 bridgehead atoms. The van der Waals surface area contributed by atoms with Crippen molar-refractivity contribution in [2.45, 2.75) is 11.5 Å². The third-order valence-electron chi connectivity index (χ3n) is 5.75. The molecule has 5 aromatic rings. The number of aromatic nitrogens is 2. The molecule has 0 aliphatic carbocycles. The van der Waals surface area contributed by atoms with Crippen LogP contribution in [-0.4, -0.2) is 22.0 Å². The number of hydrogen-bond donors (Lipinski definition) is 0. The second-order valence-corrected chi connectivity index (χ2v) is 20.9. The minimum atomic E-state index is -2.21. The van der Waals surface area contributed by atoms with E-state index in [1.54, 1.807) is 8.79 Å². The van der Waals surface area contributed by atoms with Crippen LogP contribution in [0.5, 0.6) is 0 Å². The molecule has 2 nitrogen and oxygen atoms in total. The number of hydrogen-bond acceptors (Lipinski definition) is 5. The number of halogens is 1. The molecule has 29 heavy (non-hydrogen) atoms. The van der Waals surface area contributed by atoms with E-state index in [4.69, 9.17) is 4.37 Å². The van der Waals surface area contributed by atoms with Gasteiger partial charge in [0, 0.05) is 0 Å². The quantitative estimate of drug-likeness (QED) is 0.226. The van der Waals surface area contributed by atoms with Crippen LogP contribution >= 0.6 is 50.3 Å². The second kappa shape index (κ2) is 6.59. The van der Waals surface area contributed by atoms with Gasteiger partial charge in [0.2, 0.25) is 0 Å². The van der Waals surface area contributed by atoms with E-state index < -0.39 is 13.3 Å². The van der Waals surface area contributed by atoms with Crippen molar-refractivity contribution < 1.29 is 0 Å². The Morgan fingerprint density at radius 1 is 0.793 bits per heavy atom. The standard InChI is InChI=1S/C22H15BrGeN2S3/c1-24(2)15-10-17(27-21(15)22-16(24)11-18(23)28-22)14-9-8-13(12-6-4-3-5-7-12)19-20(14)26-29-25-19/h3-11H,1-2H3. The van der Waals surface area contributed by atoms with Crippen LogP contribution in [-0.2, 0) is 0 Å². The average molecular weight is 556 g/mol. The minimum absolute atomic E-state index is 1.01. The zero-order valence-corrected chi connectivity index (χ0v) is 21.8. The van der Waals surface area contributed by atoms with Gasteiger partial charge < -0.3 is 0 Å². The van der Waals surface area contributed by atoms with Crippen LogP contribution in [0.4, 0.5) is 0 Å². The van der Waals surface area contributed by atoms with Crippen molar-refractivity contribution in [2.24, 2.45) is 0 Å². The summed E-state index contributed by atoms with van der Waals surface area (Å²) in [5, 5.41) is 0. The normalized spacial score (nSPS) is 14.3. The first-order valence-electron chi connectivity index (χ1n) is 9.29. The van der Waals surface area contributed by atoms with Crippen molar-refractivity contribution >= 4 is 83.4 Å². The maximum atomic E-state index is 4.70. The first-order chi connectivity index (χ1) is 14.0. The number of nitrogens with zero attached hydrogens (tertiary/aromatic N) is 2. The molecule has 1 aliphatic rings. The van der Waals surface area contributed by atoms with E-state index in [0.717, 1.165) is 16.6 Å². The summed E-state index contributed by atoms with van der Waals surface area (Å²) in [6.45, 7) is 0. The monoisotopic (exact) mass is 556 g/mol. The Hall–Kier alpha value is -1.32. The zero-order chi connectivity index (χ0) is 19.8. The molecule has 0 N–H and O–H groups in total. The van der Waals surface area contributed by atoms with Crippen LogP contribution in [0.15, 0.2) is 58.4 Å². The number of benzene rings is 2. The van der Waals surface area contributed by atoms with E-state index in [-0.39, 0.29) is 0 Å². The fourth-order valence-electron chi connectivity index (χ4n) is 4.21. The molecule has 4 heterocycles. The molecule has 0 amide bonds. The van der Waals surface area contributed by atoms with Crippen molar-refractivity contribution in [2.75, 3.05) is 0 Å². The third kappa shape index (κ3) is 2.69. The van der Waals surface area contributed by atoms with E-state index in [0.29, 0.717) is 0 Å². The molecule has 0 atom stereocenters. The SMILES string of the molecule is [CH3][Ge]1([CH3])[c]2cc(Br)sc2-c2sc(-c3ccc(-c4ccccc4)c4nsnc34)c[c]21. The number of fused-ring (bicyclic) bond motifs is 4. The molecule has 0 unspecified atom stereocenters. The predicted octanol–water partition coefficient (Wildman–Crippen LogP) is 6.71. The average Bonchev–Trinajstić information content (AvgIpc) is 3.47. The van der Waals surface area contributed by atoms with Crippen LogP contribution in [0, 0.1) is 0 Å². The van der Waals surface area contributed by atoms with Crippen molar-refractivity contribution in [1.29, 1.82) is 0 Å². The third-order valence-corrected chi connectivity index (χ3v) is 17.3. The molecule has 142 valence electrons. The molecular weight excluding hydrogens is 541 g/mol. The molecule has 1 aliphatic heterocycles. The molecule has 0 radical (unpaired) electrons. The Morgan fingerprint density at radius 3 is 2.24 bits per heavy atom. The molecule has 0 saturated carbocycles. The molecule has 7 heteroatoms. The van der Waals surface area contributed by atoms with Crippen molar-refractivity contribution in [1.82, 2.24) is 8.75 Å². The van der Waals surface area contributed by atoms with Crippen LogP contribution in [0.2, 0.25) is 11.5 Å². The summed E-state index contributed by atoms with van der Waals surface area (Å²) in [6.07, 6.45) is 0. The van der Waals surface area contributed by atoms with Gasteiger partial charge in [-0.1, -0.05) is 0 Å². The van der Waals surface area contributed by atoms with E-state index in [2.05, 4.69) is 80.3 Å². The van der Waals surface area contributed by atoms with Gasteiger partial charge in [0.1, 0.15) is 0 Å². The van der Waals surface area contributed by atoms with Gasteiger partial charge in [-0.2, -0.15) is 0 Å². The van der Waals surface area contributed by atoms with Gasteiger partial charge in [-0.3, -0.25) is 0 Å². The van der Waals surface area contributed by atoms with Crippen LogP contribution in [0.3, 0.4) is 0 Å². The van der Waals surface area contributed by atoms with E-state index in [1.807, 2.05) is 28.7 Å². The summed E-state index contributed by atoms with van der Waals surface area (Å²) in [6, 6.07) is 19.7. The molecule has 6 rings (SSSR count). The number of thiophene rings is 2. The summed E-state index contributed by atoms with van der Waals surface area (Å²) < 4.78 is 13.8. The molecule has 3 aromatic heterocycles. The fourth-order valence-corrected chi connectivity index (χ4v) is 17.7. The molecule has 0 saturated heterocycles. The summed E-state index contributed by atoms with van der Waals surface area (Å²) in [5.74, 6) is 5.03. The van der Waals surface area contributed by atoms with Crippen LogP contribution in [0.25, 0.3) is 42.4 Å². The van der Waals surface area contributed by atoms with Gasteiger partial charge in [-0.05, 0) is 0 Å². The Balaban J connectivity index is 1.55. The maximum absolute atomic E-state index is 4.70. The molecule has 2 aromatic carbocycles. The molecular formula is C22H15BrGeN2S3. The van der Waals surface area contributed by atoms with Crippen LogP contribution < -0.4 is 8.79 Å². The zero-order valence-electron chi connectivity index (χ0n) is 15.7. The van der Waals surface area contributed by atoms with Gasteiger partial charge in [0.25, 0.3) is 0 Å². The Labute approximate surface area is 192 Å². The second-order valence-electron chi connectivity index (χ2n) is 7.76. The van der Waals surface area contributed by atoms with E-state index in [1.165, 1.54) is 41.3 Å². The van der Waals surface area contributed by atoms with Gasteiger partial charge >= 0.3 is 193 Å². The molecule has 0 spiro atoms. The fraction of sp³-hybridized carbons (Fsp3) is 0.0909. The van der Waals surface area contributed by atoms with Gasteiger partial charge in [0.15, 0.2) is 0 Å². The Morgan fingerprint density at radius 2 is 1.45 bits per heavy atom. The van der Waals surface area contributed by atoms with E-state index >= 15 is 0 Å². The summed E-state index contributed by atoms with van der Waals surface area (Å²) >= 11 is 6.61. The number of rotatable bonds is 2. The van der Waals surface area contributed by atoms with Gasteiger partial charge in [-0.25, -0.2) is 0 Å². The Kier molecular flexibility index (Phi) is 4.19. The van der Waals surface area contributed by atoms with Gasteiger partial charge in [0.05, 0.1) is 0 Å². The van der Waals surface area contributed by atoms with Crippen LogP contribution in [0.1, 0.15) is 0 Å². The Bertz CT molecular complexity index is 1400. The topological polar surface area (TPSA) is 25.8 Å². The van der Waals surface area contributed by atoms with Crippen molar-refractivity contribution in [3.63, 3.8) is 0 Å². The van der Waals surface area contributed by atoms with Gasteiger partial charge in [-0.15, -0.1) is 0 Å². The van der Waals surface area contributed by atoms with Crippen molar-refractivity contribution in [3.05, 3.63) is 58.4 Å².